The molecule has 1 aliphatic carbocycles. The molecule has 1 N–H and O–H groups in total. The first-order chi connectivity index (χ1) is 14.4. The number of nitrogens with one attached hydrogen (secondary N) is 1. The summed E-state index contributed by atoms with van der Waals surface area (Å²) in [6, 6.07) is 6.68. The molecule has 3 rings (SSSR count). The predicted octanol–water partition coefficient (Wildman–Crippen LogP) is 2.91. The second-order valence-electron chi connectivity index (χ2n) is 8.29. The average Bonchev–Trinajstić information content (AvgIpc) is 3.37. The number of rotatable bonds is 9. The van der Waals surface area contributed by atoms with Crippen molar-refractivity contribution >= 4 is 27.5 Å². The zero-order valence-electron chi connectivity index (χ0n) is 18.0. The number of sulfonamides is 1. The number of anilines is 1. The third-order valence-electron chi connectivity index (χ3n) is 5.93. The van der Waals surface area contributed by atoms with Crippen LogP contribution in [0.25, 0.3) is 0 Å². The normalized spacial score (nSPS) is 20.3. The molecule has 2 fully saturated rings. The third kappa shape index (κ3) is 5.03. The van der Waals surface area contributed by atoms with Gasteiger partial charge in [-0.1, -0.05) is 26.7 Å². The number of nitrogens with zero attached hydrogens (tertiary/aromatic N) is 2. The van der Waals surface area contributed by atoms with E-state index in [0.29, 0.717) is 25.3 Å². The van der Waals surface area contributed by atoms with Gasteiger partial charge in [-0.3, -0.25) is 9.59 Å². The standard InChI is InChI=1S/C22H33N3O4S/c1-3-13-24(14-4-2)30(28,29)20-11-9-19(10-12-20)25-16-17(15-21(25)26)22(27)23-18-7-5-6-8-18/h9-12,17-18H,3-8,13-16H2,1-2H3,(H,23,27)/t17-/m1/s1. The molecular weight excluding hydrogens is 402 g/mol. The quantitative estimate of drug-likeness (QED) is 0.646. The fraction of sp³-hybridized carbons (Fsp3) is 0.636. The van der Waals surface area contributed by atoms with E-state index >= 15 is 0 Å². The molecule has 0 spiro atoms. The van der Waals surface area contributed by atoms with Gasteiger partial charge in [0.05, 0.1) is 10.8 Å². The van der Waals surface area contributed by atoms with Crippen LogP contribution in [0.15, 0.2) is 29.2 Å². The first kappa shape index (κ1) is 22.7. The molecule has 1 heterocycles. The maximum absolute atomic E-state index is 12.9. The number of carbonyl (C=O) groups is 2. The van der Waals surface area contributed by atoms with Gasteiger partial charge in [0.1, 0.15) is 0 Å². The van der Waals surface area contributed by atoms with E-state index < -0.39 is 10.0 Å². The third-order valence-corrected chi connectivity index (χ3v) is 7.84. The summed E-state index contributed by atoms with van der Waals surface area (Å²) in [7, 11) is -3.55. The Bertz CT molecular complexity index is 842. The van der Waals surface area contributed by atoms with Crippen LogP contribution in [-0.4, -0.2) is 50.2 Å². The number of hydrogen-bond donors (Lipinski definition) is 1. The number of amides is 2. The molecular formula is C22H33N3O4S. The van der Waals surface area contributed by atoms with E-state index in [1.54, 1.807) is 29.2 Å². The molecule has 2 aliphatic rings. The van der Waals surface area contributed by atoms with Crippen molar-refractivity contribution in [2.45, 2.75) is 69.7 Å². The molecule has 1 saturated heterocycles. The van der Waals surface area contributed by atoms with Gasteiger partial charge < -0.3 is 10.2 Å². The van der Waals surface area contributed by atoms with Gasteiger partial charge in [-0.15, -0.1) is 0 Å². The highest BCUT2D eigenvalue weighted by Gasteiger charge is 2.36. The lowest BCUT2D eigenvalue weighted by atomic mass is 10.1. The van der Waals surface area contributed by atoms with Crippen molar-refractivity contribution in [3.8, 4) is 0 Å². The van der Waals surface area contributed by atoms with E-state index in [2.05, 4.69) is 5.32 Å². The lowest BCUT2D eigenvalue weighted by Gasteiger charge is -2.22. The molecule has 1 aromatic rings. The highest BCUT2D eigenvalue weighted by molar-refractivity contribution is 7.89. The average molecular weight is 436 g/mol. The molecule has 0 bridgehead atoms. The summed E-state index contributed by atoms with van der Waals surface area (Å²) in [4.78, 5) is 26.9. The molecule has 1 atom stereocenters. The minimum Gasteiger partial charge on any atom is -0.353 e. The summed E-state index contributed by atoms with van der Waals surface area (Å²) < 4.78 is 27.3. The van der Waals surface area contributed by atoms with E-state index in [4.69, 9.17) is 0 Å². The number of carbonyl (C=O) groups excluding carboxylic acids is 2. The Hall–Kier alpha value is -1.93. The van der Waals surface area contributed by atoms with Gasteiger partial charge in [0.15, 0.2) is 0 Å². The molecule has 7 nitrogen and oxygen atoms in total. The van der Waals surface area contributed by atoms with Crippen LogP contribution in [0, 0.1) is 5.92 Å². The van der Waals surface area contributed by atoms with Gasteiger partial charge in [-0.25, -0.2) is 8.42 Å². The Morgan fingerprint density at radius 2 is 1.70 bits per heavy atom. The van der Waals surface area contributed by atoms with Crippen molar-refractivity contribution in [2.75, 3.05) is 24.5 Å². The summed E-state index contributed by atoms with van der Waals surface area (Å²) in [5.41, 5.74) is 0.632. The number of benzene rings is 1. The van der Waals surface area contributed by atoms with Crippen LogP contribution in [-0.2, 0) is 19.6 Å². The lowest BCUT2D eigenvalue weighted by Crippen LogP contribution is -2.38. The highest BCUT2D eigenvalue weighted by Crippen LogP contribution is 2.28. The maximum atomic E-state index is 12.9. The van der Waals surface area contributed by atoms with Crippen molar-refractivity contribution in [1.82, 2.24) is 9.62 Å². The Labute approximate surface area is 179 Å². The molecule has 166 valence electrons. The Morgan fingerprint density at radius 1 is 1.10 bits per heavy atom. The zero-order chi connectivity index (χ0) is 21.7. The molecule has 0 radical (unpaired) electrons. The fourth-order valence-corrected chi connectivity index (χ4v) is 5.94. The van der Waals surface area contributed by atoms with Crippen molar-refractivity contribution in [1.29, 1.82) is 0 Å². The summed E-state index contributed by atoms with van der Waals surface area (Å²) in [6.45, 7) is 5.22. The van der Waals surface area contributed by atoms with Crippen molar-refractivity contribution in [3.63, 3.8) is 0 Å². The van der Waals surface area contributed by atoms with Gasteiger partial charge in [-0.05, 0) is 49.9 Å². The lowest BCUT2D eigenvalue weighted by molar-refractivity contribution is -0.126. The predicted molar refractivity (Wildman–Crippen MR) is 117 cm³/mol. The van der Waals surface area contributed by atoms with Gasteiger partial charge in [0.2, 0.25) is 21.8 Å². The van der Waals surface area contributed by atoms with E-state index in [1.807, 2.05) is 13.8 Å². The first-order valence-electron chi connectivity index (χ1n) is 11.1. The summed E-state index contributed by atoms with van der Waals surface area (Å²) in [5.74, 6) is -0.506. The fourth-order valence-electron chi connectivity index (χ4n) is 4.32. The van der Waals surface area contributed by atoms with Crippen molar-refractivity contribution in [2.24, 2.45) is 5.92 Å². The Morgan fingerprint density at radius 3 is 2.27 bits per heavy atom. The molecule has 1 aromatic carbocycles. The molecule has 0 aromatic heterocycles. The molecule has 8 heteroatoms. The Kier molecular flexibility index (Phi) is 7.52. The van der Waals surface area contributed by atoms with Crippen LogP contribution in [0.4, 0.5) is 5.69 Å². The van der Waals surface area contributed by atoms with Crippen molar-refractivity contribution < 1.29 is 18.0 Å². The van der Waals surface area contributed by atoms with Gasteiger partial charge in [-0.2, -0.15) is 4.31 Å². The van der Waals surface area contributed by atoms with Crippen LogP contribution in [0.1, 0.15) is 58.8 Å². The number of hydrogen-bond acceptors (Lipinski definition) is 4. The first-order valence-corrected chi connectivity index (χ1v) is 12.5. The summed E-state index contributed by atoms with van der Waals surface area (Å²) in [6.07, 6.45) is 6.01. The minimum atomic E-state index is -3.55. The SMILES string of the molecule is CCCN(CCC)S(=O)(=O)c1ccc(N2C[C@H](C(=O)NC3CCCC3)CC2=O)cc1. The Balaban J connectivity index is 1.68. The largest absolute Gasteiger partial charge is 0.353 e. The van der Waals surface area contributed by atoms with Crippen LogP contribution in [0.3, 0.4) is 0 Å². The smallest absolute Gasteiger partial charge is 0.243 e. The topological polar surface area (TPSA) is 86.8 Å². The minimum absolute atomic E-state index is 0.0493. The van der Waals surface area contributed by atoms with E-state index in [9.17, 15) is 18.0 Å². The highest BCUT2D eigenvalue weighted by atomic mass is 32.2. The van der Waals surface area contributed by atoms with Crippen LogP contribution in [0.2, 0.25) is 0 Å². The molecule has 1 saturated carbocycles. The van der Waals surface area contributed by atoms with Crippen LogP contribution < -0.4 is 10.2 Å². The zero-order valence-corrected chi connectivity index (χ0v) is 18.8. The van der Waals surface area contributed by atoms with Gasteiger partial charge in [0.25, 0.3) is 0 Å². The van der Waals surface area contributed by atoms with Gasteiger partial charge >= 0.3 is 0 Å². The molecule has 1 aliphatic heterocycles. The van der Waals surface area contributed by atoms with Crippen LogP contribution >= 0.6 is 0 Å². The summed E-state index contributed by atoms with van der Waals surface area (Å²) >= 11 is 0. The van der Waals surface area contributed by atoms with E-state index in [1.165, 1.54) is 4.31 Å². The van der Waals surface area contributed by atoms with Crippen molar-refractivity contribution in [3.05, 3.63) is 24.3 Å². The monoisotopic (exact) mass is 435 g/mol. The second-order valence-corrected chi connectivity index (χ2v) is 10.2. The van der Waals surface area contributed by atoms with E-state index in [0.717, 1.165) is 38.5 Å². The molecule has 30 heavy (non-hydrogen) atoms. The van der Waals surface area contributed by atoms with E-state index in [-0.39, 0.29) is 35.1 Å². The maximum Gasteiger partial charge on any atom is 0.243 e. The second kappa shape index (κ2) is 9.92. The molecule has 0 unspecified atom stereocenters. The van der Waals surface area contributed by atoms with Crippen LogP contribution in [0.5, 0.6) is 0 Å². The summed E-state index contributed by atoms with van der Waals surface area (Å²) in [5, 5.41) is 3.08. The van der Waals surface area contributed by atoms with Gasteiger partial charge in [0, 0.05) is 37.8 Å². The molecule has 2 amide bonds.